The molecule has 2 saturated heterocycles. The number of carbonyl (C=O) groups excluding carboxylic acids is 1. The molecule has 1 amide bonds. The highest BCUT2D eigenvalue weighted by molar-refractivity contribution is 5.70. The third kappa shape index (κ3) is 5.61. The number of cyclic esters (lactones) is 1. The molecule has 3 heterocycles. The molecule has 2 aromatic carbocycles. The van der Waals surface area contributed by atoms with Crippen LogP contribution in [-0.4, -0.2) is 67.4 Å². The fraction of sp³-hybridized carbons (Fsp3) is 0.519. The van der Waals surface area contributed by atoms with E-state index in [9.17, 15) is 4.79 Å². The number of piperidine rings is 1. The largest absolute Gasteiger partial charge is 0.486 e. The molecule has 2 aromatic rings. The van der Waals surface area contributed by atoms with Gasteiger partial charge in [0, 0.05) is 13.1 Å². The van der Waals surface area contributed by atoms with Crippen LogP contribution in [0.2, 0.25) is 0 Å². The zero-order valence-corrected chi connectivity index (χ0v) is 19.2. The number of para-hydroxylation sites is 2. The quantitative estimate of drug-likeness (QED) is 0.597. The first-order valence-electron chi connectivity index (χ1n) is 12.3. The molecule has 3 aliphatic heterocycles. The van der Waals surface area contributed by atoms with Gasteiger partial charge in [-0.05, 0) is 68.8 Å². The minimum Gasteiger partial charge on any atom is -0.486 e. The summed E-state index contributed by atoms with van der Waals surface area (Å²) in [5.41, 5.74) is 1.26. The zero-order chi connectivity index (χ0) is 22.5. The van der Waals surface area contributed by atoms with E-state index in [1.807, 2.05) is 35.2 Å². The van der Waals surface area contributed by atoms with E-state index in [-0.39, 0.29) is 18.2 Å². The topological polar surface area (TPSA) is 51.2 Å². The van der Waals surface area contributed by atoms with E-state index < -0.39 is 0 Å². The number of fused-ring (bicyclic) bond motifs is 1. The zero-order valence-electron chi connectivity index (χ0n) is 19.2. The van der Waals surface area contributed by atoms with Crippen LogP contribution in [0.15, 0.2) is 54.6 Å². The Labute approximate surface area is 196 Å². The molecule has 0 spiro atoms. The maximum absolute atomic E-state index is 12.2. The van der Waals surface area contributed by atoms with Crippen molar-refractivity contribution in [2.24, 2.45) is 5.92 Å². The predicted octanol–water partition coefficient (Wildman–Crippen LogP) is 4.38. The van der Waals surface area contributed by atoms with Crippen molar-refractivity contribution in [3.63, 3.8) is 0 Å². The molecule has 33 heavy (non-hydrogen) atoms. The van der Waals surface area contributed by atoms with Gasteiger partial charge < -0.3 is 19.1 Å². The number of ether oxygens (including phenoxy) is 3. The fourth-order valence-corrected chi connectivity index (χ4v) is 5.27. The number of hydrogen-bond acceptors (Lipinski definition) is 5. The van der Waals surface area contributed by atoms with Crippen molar-refractivity contribution < 1.29 is 19.0 Å². The maximum Gasteiger partial charge on any atom is 0.410 e. The van der Waals surface area contributed by atoms with Gasteiger partial charge in [-0.3, -0.25) is 4.90 Å². The average Bonchev–Trinajstić information content (AvgIpc) is 3.19. The van der Waals surface area contributed by atoms with Crippen molar-refractivity contribution in [2.45, 2.75) is 44.2 Å². The van der Waals surface area contributed by atoms with Gasteiger partial charge in [0.15, 0.2) is 11.5 Å². The Morgan fingerprint density at radius 3 is 2.45 bits per heavy atom. The second kappa shape index (κ2) is 10.5. The highest BCUT2D eigenvalue weighted by Crippen LogP contribution is 2.31. The van der Waals surface area contributed by atoms with Crippen LogP contribution < -0.4 is 9.47 Å². The van der Waals surface area contributed by atoms with Crippen molar-refractivity contribution in [1.82, 2.24) is 9.80 Å². The molecule has 2 unspecified atom stereocenters. The van der Waals surface area contributed by atoms with Crippen LogP contribution >= 0.6 is 0 Å². The normalized spacial score (nSPS) is 23.5. The van der Waals surface area contributed by atoms with E-state index >= 15 is 0 Å². The lowest BCUT2D eigenvalue weighted by Gasteiger charge is -2.35. The number of nitrogens with zero attached hydrogens (tertiary/aromatic N) is 2. The minimum absolute atomic E-state index is 0.0965. The Morgan fingerprint density at radius 1 is 0.879 bits per heavy atom. The van der Waals surface area contributed by atoms with Crippen LogP contribution in [0.25, 0.3) is 0 Å². The smallest absolute Gasteiger partial charge is 0.410 e. The lowest BCUT2D eigenvalue weighted by molar-refractivity contribution is 0.0469. The van der Waals surface area contributed by atoms with E-state index in [1.54, 1.807) is 0 Å². The first-order chi connectivity index (χ1) is 16.2. The van der Waals surface area contributed by atoms with Crippen molar-refractivity contribution >= 4 is 6.09 Å². The number of hydrogen-bond donors (Lipinski definition) is 0. The molecule has 176 valence electrons. The van der Waals surface area contributed by atoms with Gasteiger partial charge in [0.1, 0.15) is 19.3 Å². The van der Waals surface area contributed by atoms with Crippen molar-refractivity contribution in [3.05, 3.63) is 60.2 Å². The van der Waals surface area contributed by atoms with Crippen LogP contribution in [0.1, 0.15) is 31.2 Å². The summed E-state index contributed by atoms with van der Waals surface area (Å²) in [5.74, 6) is 2.44. The Kier molecular flexibility index (Phi) is 7.01. The van der Waals surface area contributed by atoms with Gasteiger partial charge in [0.05, 0.1) is 6.04 Å². The second-order valence-corrected chi connectivity index (χ2v) is 9.50. The highest BCUT2D eigenvalue weighted by atomic mass is 16.6. The SMILES string of the molecule is O=C1OCC(Cc2ccccc2)N1CCCC1CCN(CC2COc3ccccc3O2)CC1. The molecule has 3 aliphatic rings. The Balaban J connectivity index is 1.02. The van der Waals surface area contributed by atoms with Crippen molar-refractivity contribution in [2.75, 3.05) is 39.4 Å². The average molecular weight is 451 g/mol. The van der Waals surface area contributed by atoms with Crippen LogP contribution in [0.4, 0.5) is 4.79 Å². The molecule has 0 aromatic heterocycles. The van der Waals surface area contributed by atoms with Gasteiger partial charge in [-0.2, -0.15) is 0 Å². The number of benzene rings is 2. The molecule has 0 aliphatic carbocycles. The monoisotopic (exact) mass is 450 g/mol. The summed E-state index contributed by atoms with van der Waals surface area (Å²) in [6.45, 7) is 5.05. The summed E-state index contributed by atoms with van der Waals surface area (Å²) in [6, 6.07) is 18.4. The molecule has 2 atom stereocenters. The van der Waals surface area contributed by atoms with E-state index in [0.29, 0.717) is 13.2 Å². The Bertz CT molecular complexity index is 913. The number of carbonyl (C=O) groups is 1. The third-order valence-electron chi connectivity index (χ3n) is 7.14. The number of amides is 1. The highest BCUT2D eigenvalue weighted by Gasteiger charge is 2.33. The second-order valence-electron chi connectivity index (χ2n) is 9.50. The molecular formula is C27H34N2O4. The van der Waals surface area contributed by atoms with Gasteiger partial charge in [-0.25, -0.2) is 4.79 Å². The van der Waals surface area contributed by atoms with Crippen LogP contribution in [0.5, 0.6) is 11.5 Å². The summed E-state index contributed by atoms with van der Waals surface area (Å²) in [6.07, 6.45) is 5.45. The molecule has 2 fully saturated rings. The van der Waals surface area contributed by atoms with Crippen LogP contribution in [0.3, 0.4) is 0 Å². The molecule has 0 bridgehead atoms. The summed E-state index contributed by atoms with van der Waals surface area (Å²) < 4.78 is 17.4. The molecule has 6 nitrogen and oxygen atoms in total. The lowest BCUT2D eigenvalue weighted by atomic mass is 9.92. The molecular weight excluding hydrogens is 416 g/mol. The lowest BCUT2D eigenvalue weighted by Crippen LogP contribution is -2.44. The van der Waals surface area contributed by atoms with Gasteiger partial charge >= 0.3 is 6.09 Å². The van der Waals surface area contributed by atoms with E-state index in [4.69, 9.17) is 14.2 Å². The molecule has 5 rings (SSSR count). The maximum atomic E-state index is 12.2. The van der Waals surface area contributed by atoms with E-state index in [1.165, 1.54) is 24.8 Å². The van der Waals surface area contributed by atoms with Gasteiger partial charge in [-0.1, -0.05) is 42.5 Å². The Morgan fingerprint density at radius 2 is 1.64 bits per heavy atom. The van der Waals surface area contributed by atoms with E-state index in [0.717, 1.165) is 56.4 Å². The first-order valence-corrected chi connectivity index (χ1v) is 12.3. The number of likely N-dealkylation sites (tertiary alicyclic amines) is 1. The predicted molar refractivity (Wildman–Crippen MR) is 127 cm³/mol. The molecule has 0 radical (unpaired) electrons. The Hall–Kier alpha value is -2.73. The summed E-state index contributed by atoms with van der Waals surface area (Å²) in [5, 5.41) is 0. The van der Waals surface area contributed by atoms with Crippen LogP contribution in [-0.2, 0) is 11.2 Å². The summed E-state index contributed by atoms with van der Waals surface area (Å²) >= 11 is 0. The molecule has 0 saturated carbocycles. The van der Waals surface area contributed by atoms with Gasteiger partial charge in [0.25, 0.3) is 0 Å². The minimum atomic E-state index is -0.151. The standard InChI is InChI=1S/C27H34N2O4/c30-27-29(23(19-32-27)17-22-7-2-1-3-8-22)14-6-9-21-12-15-28(16-13-21)18-24-20-31-25-10-4-5-11-26(25)33-24/h1-5,7-8,10-11,21,23-24H,6,9,12-20H2. The summed E-state index contributed by atoms with van der Waals surface area (Å²) in [4.78, 5) is 16.7. The van der Waals surface area contributed by atoms with E-state index in [2.05, 4.69) is 29.2 Å². The fourth-order valence-electron chi connectivity index (χ4n) is 5.27. The van der Waals surface area contributed by atoms with Crippen molar-refractivity contribution in [3.8, 4) is 11.5 Å². The van der Waals surface area contributed by atoms with Gasteiger partial charge in [0.2, 0.25) is 0 Å². The molecule has 0 N–H and O–H groups in total. The first kappa shape index (κ1) is 22.1. The molecule has 6 heteroatoms. The van der Waals surface area contributed by atoms with Crippen molar-refractivity contribution in [1.29, 1.82) is 0 Å². The van der Waals surface area contributed by atoms with Crippen LogP contribution in [0, 0.1) is 5.92 Å². The summed E-state index contributed by atoms with van der Waals surface area (Å²) in [7, 11) is 0. The number of rotatable bonds is 8. The third-order valence-corrected chi connectivity index (χ3v) is 7.14. The van der Waals surface area contributed by atoms with Gasteiger partial charge in [-0.15, -0.1) is 0 Å².